The van der Waals surface area contributed by atoms with Crippen molar-refractivity contribution in [1.29, 1.82) is 0 Å². The Kier molecular flexibility index (Phi) is 6.95. The van der Waals surface area contributed by atoms with Crippen molar-refractivity contribution in [3.8, 4) is 5.75 Å². The van der Waals surface area contributed by atoms with Gasteiger partial charge in [-0.25, -0.2) is 9.59 Å². The maximum atomic E-state index is 12.6. The zero-order valence-corrected chi connectivity index (χ0v) is 18.3. The van der Waals surface area contributed by atoms with E-state index in [-0.39, 0.29) is 19.0 Å². The van der Waals surface area contributed by atoms with Crippen molar-refractivity contribution in [1.82, 2.24) is 4.57 Å². The molecule has 0 saturated heterocycles. The minimum atomic E-state index is -0.656. The van der Waals surface area contributed by atoms with E-state index >= 15 is 0 Å². The van der Waals surface area contributed by atoms with Crippen molar-refractivity contribution >= 4 is 22.7 Å². The minimum Gasteiger partial charge on any atom is -0.482 e. The van der Waals surface area contributed by atoms with Gasteiger partial charge in [-0.2, -0.15) is 0 Å². The number of esters is 1. The minimum absolute atomic E-state index is 0.246. The highest BCUT2D eigenvalue weighted by atomic mass is 16.6. The third-order valence-corrected chi connectivity index (χ3v) is 5.12. The zero-order chi connectivity index (χ0) is 22.5. The van der Waals surface area contributed by atoms with Crippen molar-refractivity contribution in [3.05, 3.63) is 63.8 Å². The van der Waals surface area contributed by atoms with Crippen LogP contribution in [0, 0.1) is 19.8 Å². The lowest BCUT2D eigenvalue weighted by Gasteiger charge is -2.11. The van der Waals surface area contributed by atoms with Crippen LogP contribution < -0.4 is 10.4 Å². The Morgan fingerprint density at radius 2 is 1.81 bits per heavy atom. The maximum absolute atomic E-state index is 12.6. The third-order valence-electron chi connectivity index (χ3n) is 5.12. The van der Waals surface area contributed by atoms with Gasteiger partial charge in [0.2, 0.25) is 5.78 Å². The first-order valence-corrected chi connectivity index (χ1v) is 10.3. The highest BCUT2D eigenvalue weighted by Gasteiger charge is 2.17. The summed E-state index contributed by atoms with van der Waals surface area (Å²) in [4.78, 5) is 35.9. The lowest BCUT2D eigenvalue weighted by Crippen LogP contribution is -2.20. The molecule has 0 saturated carbocycles. The fourth-order valence-corrected chi connectivity index (χ4v) is 3.35. The topological polar surface area (TPSA) is 87.7 Å². The van der Waals surface area contributed by atoms with Crippen LogP contribution in [0.4, 0.5) is 0 Å². The fourth-order valence-electron chi connectivity index (χ4n) is 3.35. The summed E-state index contributed by atoms with van der Waals surface area (Å²) in [5, 5.41) is 0.742. The monoisotopic (exact) mass is 425 g/mol. The molecule has 7 heteroatoms. The summed E-state index contributed by atoms with van der Waals surface area (Å²) in [7, 11) is 0. The molecular formula is C24H27NO6. The Hall–Kier alpha value is -3.35. The second-order valence-corrected chi connectivity index (χ2v) is 7.95. The molecule has 3 aromatic rings. The molecule has 2 heterocycles. The summed E-state index contributed by atoms with van der Waals surface area (Å²) in [6.07, 6.45) is 1.02. The number of benzene rings is 1. The van der Waals surface area contributed by atoms with E-state index in [0.717, 1.165) is 29.7 Å². The molecule has 0 aliphatic heterocycles. The molecule has 0 N–H and O–H groups in total. The molecule has 31 heavy (non-hydrogen) atoms. The smallest absolute Gasteiger partial charge is 0.344 e. The van der Waals surface area contributed by atoms with Crippen LogP contribution in [-0.4, -0.2) is 29.5 Å². The largest absolute Gasteiger partial charge is 0.482 e. The molecule has 0 spiro atoms. The van der Waals surface area contributed by atoms with E-state index in [0.29, 0.717) is 22.8 Å². The van der Waals surface area contributed by atoms with E-state index in [1.807, 2.05) is 19.9 Å². The number of rotatable bonds is 9. The number of ketones is 1. The molecule has 7 nitrogen and oxygen atoms in total. The highest BCUT2D eigenvalue weighted by molar-refractivity contribution is 5.99. The molecule has 0 atom stereocenters. The van der Waals surface area contributed by atoms with Gasteiger partial charge in [0.1, 0.15) is 11.3 Å². The Balaban J connectivity index is 1.54. The number of nitrogens with zero attached hydrogens (tertiary/aromatic N) is 1. The number of Topliss-reactive ketones (excluding diaryl/α,β-unsaturated/α-hetero) is 1. The van der Waals surface area contributed by atoms with Crippen LogP contribution in [0.2, 0.25) is 0 Å². The van der Waals surface area contributed by atoms with E-state index in [1.54, 1.807) is 18.2 Å². The Labute approximate surface area is 180 Å². The summed E-state index contributed by atoms with van der Waals surface area (Å²) in [5.41, 5.74) is 2.36. The van der Waals surface area contributed by atoms with Gasteiger partial charge in [-0.3, -0.25) is 4.79 Å². The third kappa shape index (κ3) is 5.63. The van der Waals surface area contributed by atoms with Gasteiger partial charge >= 0.3 is 11.6 Å². The average molecular weight is 425 g/mol. The van der Waals surface area contributed by atoms with Crippen LogP contribution >= 0.6 is 0 Å². The fraction of sp³-hybridized carbons (Fsp3) is 0.375. The van der Waals surface area contributed by atoms with Crippen LogP contribution in [0.25, 0.3) is 11.0 Å². The molecule has 0 bridgehead atoms. The summed E-state index contributed by atoms with van der Waals surface area (Å²) >= 11 is 0. The van der Waals surface area contributed by atoms with E-state index in [1.165, 1.54) is 12.1 Å². The quantitative estimate of drug-likeness (QED) is 0.292. The van der Waals surface area contributed by atoms with E-state index < -0.39 is 11.6 Å². The average Bonchev–Trinajstić information content (AvgIpc) is 3.02. The number of aromatic nitrogens is 1. The summed E-state index contributed by atoms with van der Waals surface area (Å²) in [5.74, 6) is 0.0278. The predicted molar refractivity (Wildman–Crippen MR) is 117 cm³/mol. The predicted octanol–water partition coefficient (Wildman–Crippen LogP) is 4.06. The van der Waals surface area contributed by atoms with Crippen LogP contribution in [0.5, 0.6) is 5.75 Å². The standard InChI is InChI=1S/C24H27NO6/c1-15(2)9-10-25-16(3)11-20(17(25)4)21(26)13-30-24(28)14-29-19-7-5-18-6-8-23(27)31-22(18)12-19/h5-8,11-12,15H,9-10,13-14H2,1-4H3. The van der Waals surface area contributed by atoms with Gasteiger partial charge in [0.15, 0.2) is 13.2 Å². The van der Waals surface area contributed by atoms with Crippen LogP contribution in [0.3, 0.4) is 0 Å². The Morgan fingerprint density at radius 3 is 2.55 bits per heavy atom. The van der Waals surface area contributed by atoms with Crippen molar-refractivity contribution in [2.45, 2.75) is 40.7 Å². The zero-order valence-electron chi connectivity index (χ0n) is 18.3. The molecule has 0 unspecified atom stereocenters. The van der Waals surface area contributed by atoms with Gasteiger partial charge < -0.3 is 18.5 Å². The van der Waals surface area contributed by atoms with Crippen molar-refractivity contribution in [2.75, 3.05) is 13.2 Å². The molecule has 3 rings (SSSR count). The van der Waals surface area contributed by atoms with Crippen LogP contribution in [0.15, 0.2) is 45.6 Å². The van der Waals surface area contributed by atoms with Gasteiger partial charge in [-0.1, -0.05) is 13.8 Å². The molecule has 164 valence electrons. The Bertz CT molecular complexity index is 1150. The van der Waals surface area contributed by atoms with Crippen LogP contribution in [0.1, 0.15) is 42.0 Å². The molecular weight excluding hydrogens is 398 g/mol. The molecule has 0 fully saturated rings. The lowest BCUT2D eigenvalue weighted by atomic mass is 10.1. The number of aryl methyl sites for hydroxylation is 1. The van der Waals surface area contributed by atoms with Crippen molar-refractivity contribution in [2.24, 2.45) is 5.92 Å². The maximum Gasteiger partial charge on any atom is 0.344 e. The van der Waals surface area contributed by atoms with Crippen molar-refractivity contribution in [3.63, 3.8) is 0 Å². The van der Waals surface area contributed by atoms with E-state index in [2.05, 4.69) is 18.4 Å². The van der Waals surface area contributed by atoms with Crippen molar-refractivity contribution < 1.29 is 23.5 Å². The summed E-state index contributed by atoms with van der Waals surface area (Å²) in [6.45, 7) is 8.35. The second kappa shape index (κ2) is 9.64. The van der Waals surface area contributed by atoms with Gasteiger partial charge in [0.25, 0.3) is 0 Å². The molecule has 0 amide bonds. The van der Waals surface area contributed by atoms with Gasteiger partial charge in [-0.15, -0.1) is 0 Å². The Morgan fingerprint density at radius 1 is 1.06 bits per heavy atom. The number of fused-ring (bicyclic) bond motifs is 1. The first kappa shape index (κ1) is 22.3. The molecule has 2 aromatic heterocycles. The van der Waals surface area contributed by atoms with Gasteiger partial charge in [0, 0.05) is 41.0 Å². The molecule has 0 aliphatic rings. The first-order valence-electron chi connectivity index (χ1n) is 10.3. The number of hydrogen-bond donors (Lipinski definition) is 0. The van der Waals surface area contributed by atoms with E-state index in [4.69, 9.17) is 13.9 Å². The lowest BCUT2D eigenvalue weighted by molar-refractivity contribution is -0.144. The summed E-state index contributed by atoms with van der Waals surface area (Å²) < 4.78 is 17.7. The number of hydrogen-bond acceptors (Lipinski definition) is 6. The van der Waals surface area contributed by atoms with E-state index in [9.17, 15) is 14.4 Å². The molecule has 0 radical (unpaired) electrons. The van der Waals surface area contributed by atoms with Gasteiger partial charge in [-0.05, 0) is 50.5 Å². The highest BCUT2D eigenvalue weighted by Crippen LogP contribution is 2.20. The second-order valence-electron chi connectivity index (χ2n) is 7.95. The van der Waals surface area contributed by atoms with Gasteiger partial charge in [0.05, 0.1) is 0 Å². The van der Waals surface area contributed by atoms with Crippen LogP contribution in [-0.2, 0) is 16.1 Å². The number of ether oxygens (including phenoxy) is 2. The summed E-state index contributed by atoms with van der Waals surface area (Å²) in [6, 6.07) is 9.72. The number of carbonyl (C=O) groups excluding carboxylic acids is 2. The SMILES string of the molecule is Cc1cc(C(=O)COC(=O)COc2ccc3ccc(=O)oc3c2)c(C)n1CCC(C)C. The molecule has 0 aliphatic carbocycles. The molecule has 1 aromatic carbocycles. The number of carbonyl (C=O) groups is 2. The first-order chi connectivity index (χ1) is 14.7. The normalized spacial score (nSPS) is 11.1.